The van der Waals surface area contributed by atoms with Crippen LogP contribution in [0.3, 0.4) is 0 Å². The van der Waals surface area contributed by atoms with Crippen LogP contribution in [0.2, 0.25) is 0 Å². The Morgan fingerprint density at radius 3 is 2.48 bits per heavy atom. The number of carbonyl (C=O) groups excluding carboxylic acids is 1. The molecule has 0 aromatic heterocycles. The van der Waals surface area contributed by atoms with Gasteiger partial charge in [-0.15, -0.1) is 0 Å². The van der Waals surface area contributed by atoms with Gasteiger partial charge >= 0.3 is 0 Å². The minimum absolute atomic E-state index is 0.00352. The smallest absolute Gasteiger partial charge is 0.261 e. The van der Waals surface area contributed by atoms with E-state index in [1.54, 1.807) is 6.92 Å². The molecule has 0 heterocycles. The zero-order valence-electron chi connectivity index (χ0n) is 12.3. The summed E-state index contributed by atoms with van der Waals surface area (Å²) in [6.07, 6.45) is 0. The standard InChI is InChI=1S/C15H13ClFNO4S/c1-9-7-10(3-5-13(9)17)18-15(19)12-8-11(23(16,20)21)4-6-14(12)22-2/h3-8H,1-2H3,(H,18,19). The van der Waals surface area contributed by atoms with Gasteiger partial charge in [0.05, 0.1) is 17.6 Å². The molecule has 2 aromatic rings. The number of aryl methyl sites for hydroxylation is 1. The maximum absolute atomic E-state index is 13.2. The molecule has 0 aliphatic rings. The second-order valence-electron chi connectivity index (χ2n) is 4.72. The number of rotatable bonds is 4. The van der Waals surface area contributed by atoms with Gasteiger partial charge in [0.25, 0.3) is 15.0 Å². The van der Waals surface area contributed by atoms with Crippen molar-refractivity contribution in [1.82, 2.24) is 0 Å². The van der Waals surface area contributed by atoms with Gasteiger partial charge in [0.2, 0.25) is 0 Å². The van der Waals surface area contributed by atoms with Gasteiger partial charge < -0.3 is 10.1 Å². The van der Waals surface area contributed by atoms with Gasteiger partial charge in [0.15, 0.2) is 0 Å². The lowest BCUT2D eigenvalue weighted by Gasteiger charge is -2.11. The van der Waals surface area contributed by atoms with E-state index in [0.29, 0.717) is 11.3 Å². The largest absolute Gasteiger partial charge is 0.496 e. The lowest BCUT2D eigenvalue weighted by molar-refractivity contribution is 0.102. The summed E-state index contributed by atoms with van der Waals surface area (Å²) in [7, 11) is 2.66. The average molecular weight is 358 g/mol. The minimum Gasteiger partial charge on any atom is -0.496 e. The first-order chi connectivity index (χ1) is 10.7. The molecule has 122 valence electrons. The lowest BCUT2D eigenvalue weighted by atomic mass is 10.1. The lowest BCUT2D eigenvalue weighted by Crippen LogP contribution is -2.14. The first-order valence-electron chi connectivity index (χ1n) is 6.42. The number of hydrogen-bond acceptors (Lipinski definition) is 4. The highest BCUT2D eigenvalue weighted by molar-refractivity contribution is 8.13. The Hall–Kier alpha value is -2.12. The Morgan fingerprint density at radius 1 is 1.22 bits per heavy atom. The van der Waals surface area contributed by atoms with Crippen LogP contribution in [-0.4, -0.2) is 21.4 Å². The van der Waals surface area contributed by atoms with Gasteiger partial charge in [-0.2, -0.15) is 0 Å². The number of nitrogens with one attached hydrogen (secondary N) is 1. The summed E-state index contributed by atoms with van der Waals surface area (Å²) >= 11 is 0. The Labute approximate surface area is 137 Å². The molecule has 1 N–H and O–H groups in total. The maximum atomic E-state index is 13.2. The Bertz CT molecular complexity index is 868. The van der Waals surface area contributed by atoms with Gasteiger partial charge in [-0.05, 0) is 48.9 Å². The Kier molecular flexibility index (Phi) is 4.91. The van der Waals surface area contributed by atoms with E-state index in [-0.39, 0.29) is 16.2 Å². The number of hydrogen-bond donors (Lipinski definition) is 1. The van der Waals surface area contributed by atoms with Crippen molar-refractivity contribution in [2.75, 3.05) is 12.4 Å². The second-order valence-corrected chi connectivity index (χ2v) is 7.28. The van der Waals surface area contributed by atoms with Crippen molar-refractivity contribution in [3.63, 3.8) is 0 Å². The zero-order chi connectivity index (χ0) is 17.2. The molecule has 1 amide bonds. The van der Waals surface area contributed by atoms with Gasteiger partial charge in [0, 0.05) is 16.4 Å². The van der Waals surface area contributed by atoms with E-state index in [1.807, 2.05) is 0 Å². The van der Waals surface area contributed by atoms with E-state index in [2.05, 4.69) is 5.32 Å². The zero-order valence-corrected chi connectivity index (χ0v) is 13.8. The van der Waals surface area contributed by atoms with Crippen molar-refractivity contribution in [2.45, 2.75) is 11.8 Å². The molecule has 0 aliphatic carbocycles. The number of carbonyl (C=O) groups is 1. The van der Waals surface area contributed by atoms with E-state index in [0.717, 1.165) is 6.07 Å². The molecule has 23 heavy (non-hydrogen) atoms. The molecule has 0 spiro atoms. The highest BCUT2D eigenvalue weighted by atomic mass is 35.7. The third-order valence-electron chi connectivity index (χ3n) is 3.11. The van der Waals surface area contributed by atoms with Crippen LogP contribution in [-0.2, 0) is 9.05 Å². The third-order valence-corrected chi connectivity index (χ3v) is 4.46. The fourth-order valence-electron chi connectivity index (χ4n) is 1.94. The molecule has 8 heteroatoms. The van der Waals surface area contributed by atoms with Crippen molar-refractivity contribution >= 4 is 31.3 Å². The van der Waals surface area contributed by atoms with Crippen molar-refractivity contribution in [1.29, 1.82) is 0 Å². The molecule has 0 bridgehead atoms. The number of halogens is 2. The van der Waals surface area contributed by atoms with Crippen molar-refractivity contribution < 1.29 is 22.3 Å². The first-order valence-corrected chi connectivity index (χ1v) is 8.73. The van der Waals surface area contributed by atoms with E-state index in [9.17, 15) is 17.6 Å². The number of anilines is 1. The summed E-state index contributed by atoms with van der Waals surface area (Å²) in [5.41, 5.74) is 0.734. The van der Waals surface area contributed by atoms with Crippen LogP contribution in [0.25, 0.3) is 0 Å². The fourth-order valence-corrected chi connectivity index (χ4v) is 2.71. The molecule has 0 atom stereocenters. The number of methoxy groups -OCH3 is 1. The summed E-state index contributed by atoms with van der Waals surface area (Å²) < 4.78 is 41.1. The van der Waals surface area contributed by atoms with Crippen LogP contribution in [0.1, 0.15) is 15.9 Å². The SMILES string of the molecule is COc1ccc(S(=O)(=O)Cl)cc1C(=O)Nc1ccc(F)c(C)c1. The van der Waals surface area contributed by atoms with Crippen LogP contribution in [0, 0.1) is 12.7 Å². The molecule has 0 radical (unpaired) electrons. The molecule has 0 aliphatic heterocycles. The summed E-state index contributed by atoms with van der Waals surface area (Å²) in [4.78, 5) is 12.1. The molecular formula is C15H13ClFNO4S. The predicted molar refractivity (Wildman–Crippen MR) is 85.1 cm³/mol. The molecule has 0 saturated carbocycles. The second kappa shape index (κ2) is 6.55. The summed E-state index contributed by atoms with van der Waals surface area (Å²) in [6.45, 7) is 1.56. The topological polar surface area (TPSA) is 72.5 Å². The van der Waals surface area contributed by atoms with Crippen molar-refractivity contribution in [3.8, 4) is 5.75 Å². The molecule has 5 nitrogen and oxygen atoms in total. The number of benzene rings is 2. The fraction of sp³-hybridized carbons (Fsp3) is 0.133. The molecule has 0 saturated heterocycles. The predicted octanol–water partition coefficient (Wildman–Crippen LogP) is 3.32. The molecule has 0 unspecified atom stereocenters. The third kappa shape index (κ3) is 4.00. The van der Waals surface area contributed by atoms with Crippen LogP contribution in [0.15, 0.2) is 41.3 Å². The molecule has 2 rings (SSSR count). The Balaban J connectivity index is 2.39. The van der Waals surface area contributed by atoms with Crippen LogP contribution < -0.4 is 10.1 Å². The summed E-state index contributed by atoms with van der Waals surface area (Å²) in [6, 6.07) is 7.77. The van der Waals surface area contributed by atoms with Crippen molar-refractivity contribution in [3.05, 3.63) is 53.3 Å². The minimum atomic E-state index is -3.98. The molecule has 2 aromatic carbocycles. The normalized spacial score (nSPS) is 11.1. The van der Waals surface area contributed by atoms with Gasteiger partial charge in [-0.3, -0.25) is 4.79 Å². The van der Waals surface area contributed by atoms with Crippen LogP contribution in [0.4, 0.5) is 10.1 Å². The summed E-state index contributed by atoms with van der Waals surface area (Å²) in [5, 5.41) is 2.56. The quantitative estimate of drug-likeness (QED) is 0.852. The van der Waals surface area contributed by atoms with E-state index in [1.165, 1.54) is 37.4 Å². The van der Waals surface area contributed by atoms with Gasteiger partial charge in [0.1, 0.15) is 11.6 Å². The monoisotopic (exact) mass is 357 g/mol. The number of ether oxygens (including phenoxy) is 1. The van der Waals surface area contributed by atoms with E-state index >= 15 is 0 Å². The van der Waals surface area contributed by atoms with E-state index in [4.69, 9.17) is 15.4 Å². The van der Waals surface area contributed by atoms with Crippen LogP contribution in [0.5, 0.6) is 5.75 Å². The number of amides is 1. The van der Waals surface area contributed by atoms with Crippen LogP contribution >= 0.6 is 10.7 Å². The maximum Gasteiger partial charge on any atom is 0.261 e. The van der Waals surface area contributed by atoms with E-state index < -0.39 is 20.8 Å². The Morgan fingerprint density at radius 2 is 1.91 bits per heavy atom. The van der Waals surface area contributed by atoms with Gasteiger partial charge in [-0.25, -0.2) is 12.8 Å². The van der Waals surface area contributed by atoms with Gasteiger partial charge in [-0.1, -0.05) is 0 Å². The first kappa shape index (κ1) is 17.2. The van der Waals surface area contributed by atoms with Crippen molar-refractivity contribution in [2.24, 2.45) is 0 Å². The highest BCUT2D eigenvalue weighted by Gasteiger charge is 2.18. The summed E-state index contributed by atoms with van der Waals surface area (Å²) in [5.74, 6) is -0.809. The molecule has 0 fully saturated rings. The average Bonchev–Trinajstić information content (AvgIpc) is 2.49. The molecular weight excluding hydrogens is 345 g/mol. The highest BCUT2D eigenvalue weighted by Crippen LogP contribution is 2.25.